The van der Waals surface area contributed by atoms with Crippen molar-refractivity contribution in [2.75, 3.05) is 0 Å². The Bertz CT molecular complexity index is 992. The predicted octanol–water partition coefficient (Wildman–Crippen LogP) is 4.14. The van der Waals surface area contributed by atoms with Crippen molar-refractivity contribution >= 4 is 22.6 Å². The minimum absolute atomic E-state index is 0.000191. The van der Waals surface area contributed by atoms with E-state index in [1.807, 2.05) is 0 Å². The van der Waals surface area contributed by atoms with E-state index < -0.39 is 11.8 Å². The summed E-state index contributed by atoms with van der Waals surface area (Å²) in [4.78, 5) is 21.8. The van der Waals surface area contributed by atoms with Crippen LogP contribution in [0.4, 0.5) is 10.1 Å². The van der Waals surface area contributed by atoms with Crippen LogP contribution in [0, 0.1) is 10.7 Å². The Morgan fingerprint density at radius 2 is 2.08 bits per heavy atom. The number of rotatable bonds is 4. The van der Waals surface area contributed by atoms with Crippen LogP contribution in [-0.2, 0) is 0 Å². The lowest BCUT2D eigenvalue weighted by atomic mass is 10.0. The van der Waals surface area contributed by atoms with Gasteiger partial charge >= 0.3 is 5.97 Å². The molecule has 0 unspecified atom stereocenters. The fourth-order valence-electron chi connectivity index (χ4n) is 2.85. The molecule has 1 fully saturated rings. The Kier molecular flexibility index (Phi) is 3.16. The summed E-state index contributed by atoms with van der Waals surface area (Å²) in [5, 5.41) is 17.1. The van der Waals surface area contributed by atoms with Gasteiger partial charge in [-0.2, -0.15) is 5.10 Å². The molecule has 0 atom stereocenters. The number of aromatic carboxylic acids is 1. The number of fused-ring (bicyclic) bond motifs is 1. The first kappa shape index (κ1) is 14.5. The maximum absolute atomic E-state index is 14.2. The lowest BCUT2D eigenvalue weighted by molar-refractivity contribution is 0.0697. The monoisotopic (exact) mass is 325 g/mol. The van der Waals surface area contributed by atoms with Gasteiger partial charge in [-0.25, -0.2) is 13.9 Å². The van der Waals surface area contributed by atoms with E-state index >= 15 is 0 Å². The smallest absolute Gasteiger partial charge is 0.335 e. The molecule has 1 aliphatic rings. The molecule has 1 N–H and O–H groups in total. The van der Waals surface area contributed by atoms with Gasteiger partial charge in [0, 0.05) is 17.6 Å². The van der Waals surface area contributed by atoms with Gasteiger partial charge in [0.15, 0.2) is 5.82 Å². The molecule has 0 bridgehead atoms. The Morgan fingerprint density at radius 1 is 1.29 bits per heavy atom. The lowest BCUT2D eigenvalue weighted by Crippen LogP contribution is -1.99. The summed E-state index contributed by atoms with van der Waals surface area (Å²) in [5.41, 5.74) is 1.94. The molecule has 3 aromatic rings. The van der Waals surface area contributed by atoms with Gasteiger partial charge in [-0.1, -0.05) is 0 Å². The molecule has 2 aromatic carbocycles. The normalized spacial score (nSPS) is 14.0. The maximum atomic E-state index is 14.2. The van der Waals surface area contributed by atoms with E-state index in [1.165, 1.54) is 22.9 Å². The molecule has 7 heteroatoms. The van der Waals surface area contributed by atoms with Crippen molar-refractivity contribution in [1.29, 1.82) is 0 Å². The van der Waals surface area contributed by atoms with Crippen LogP contribution in [0.5, 0.6) is 0 Å². The van der Waals surface area contributed by atoms with Gasteiger partial charge in [0.05, 0.1) is 11.1 Å². The summed E-state index contributed by atoms with van der Waals surface area (Å²) >= 11 is 0. The Morgan fingerprint density at radius 3 is 2.71 bits per heavy atom. The van der Waals surface area contributed by atoms with Gasteiger partial charge in [0.25, 0.3) is 0 Å². The molecule has 0 saturated heterocycles. The van der Waals surface area contributed by atoms with Gasteiger partial charge in [-0.15, -0.1) is 4.91 Å². The fourth-order valence-corrected chi connectivity index (χ4v) is 2.85. The molecule has 120 valence electrons. The van der Waals surface area contributed by atoms with Crippen LogP contribution in [-0.4, -0.2) is 20.9 Å². The second-order valence-electron chi connectivity index (χ2n) is 5.88. The van der Waals surface area contributed by atoms with Crippen molar-refractivity contribution < 1.29 is 14.3 Å². The summed E-state index contributed by atoms with van der Waals surface area (Å²) in [5.74, 6) is -1.31. The number of carboxylic acids is 1. The van der Waals surface area contributed by atoms with E-state index in [1.54, 1.807) is 12.3 Å². The molecule has 0 radical (unpaired) electrons. The van der Waals surface area contributed by atoms with Gasteiger partial charge in [0.1, 0.15) is 11.4 Å². The Hall–Kier alpha value is -3.09. The third-order valence-corrected chi connectivity index (χ3v) is 4.19. The Balaban J connectivity index is 1.90. The zero-order valence-electron chi connectivity index (χ0n) is 12.4. The van der Waals surface area contributed by atoms with Crippen molar-refractivity contribution in [2.24, 2.45) is 5.18 Å². The summed E-state index contributed by atoms with van der Waals surface area (Å²) in [6, 6.07) is 7.05. The van der Waals surface area contributed by atoms with Crippen LogP contribution in [0.3, 0.4) is 0 Å². The molecule has 0 amide bonds. The zero-order valence-corrected chi connectivity index (χ0v) is 12.4. The summed E-state index contributed by atoms with van der Waals surface area (Å²) in [7, 11) is 0. The number of nitroso groups, excluding NO2 is 1. The maximum Gasteiger partial charge on any atom is 0.335 e. The van der Waals surface area contributed by atoms with Crippen LogP contribution >= 0.6 is 0 Å². The minimum atomic E-state index is -1.00. The molecule has 1 aliphatic carbocycles. The number of halogens is 1. The molecule has 4 rings (SSSR count). The largest absolute Gasteiger partial charge is 0.478 e. The van der Waals surface area contributed by atoms with Crippen molar-refractivity contribution in [2.45, 2.75) is 18.8 Å². The summed E-state index contributed by atoms with van der Waals surface area (Å²) < 4.78 is 15.5. The van der Waals surface area contributed by atoms with Crippen LogP contribution in [0.2, 0.25) is 0 Å². The van der Waals surface area contributed by atoms with E-state index in [9.17, 15) is 19.2 Å². The molecule has 6 nitrogen and oxygen atoms in total. The van der Waals surface area contributed by atoms with Crippen LogP contribution in [0.15, 0.2) is 41.7 Å². The number of hydrogen-bond donors (Lipinski definition) is 1. The molecule has 24 heavy (non-hydrogen) atoms. The van der Waals surface area contributed by atoms with E-state index in [4.69, 9.17) is 0 Å². The second-order valence-corrected chi connectivity index (χ2v) is 5.88. The number of nitrogens with zero attached hydrogens (tertiary/aromatic N) is 3. The van der Waals surface area contributed by atoms with E-state index in [0.717, 1.165) is 24.5 Å². The zero-order chi connectivity index (χ0) is 16.8. The summed E-state index contributed by atoms with van der Waals surface area (Å²) in [6.45, 7) is 0. The van der Waals surface area contributed by atoms with E-state index in [-0.39, 0.29) is 16.9 Å². The average Bonchev–Trinajstić information content (AvgIpc) is 3.32. The van der Waals surface area contributed by atoms with Gasteiger partial charge in [-0.3, -0.25) is 0 Å². The molecule has 0 spiro atoms. The van der Waals surface area contributed by atoms with Crippen molar-refractivity contribution in [1.82, 2.24) is 9.78 Å². The van der Waals surface area contributed by atoms with Crippen LogP contribution < -0.4 is 0 Å². The number of carboxylic acid groups (broad SMARTS) is 1. The van der Waals surface area contributed by atoms with Crippen molar-refractivity contribution in [3.8, 4) is 5.69 Å². The predicted molar refractivity (Wildman–Crippen MR) is 85.4 cm³/mol. The number of carbonyl (C=O) groups is 1. The molecule has 1 saturated carbocycles. The Labute approximate surface area is 135 Å². The highest BCUT2D eigenvalue weighted by molar-refractivity contribution is 5.95. The number of aromatic nitrogens is 2. The van der Waals surface area contributed by atoms with Gasteiger partial charge in [-0.05, 0) is 53.8 Å². The molecular weight excluding hydrogens is 313 g/mol. The van der Waals surface area contributed by atoms with Crippen molar-refractivity contribution in [3.63, 3.8) is 0 Å². The summed E-state index contributed by atoms with van der Waals surface area (Å²) in [6.07, 6.45) is 3.60. The topological polar surface area (TPSA) is 84.5 Å². The SMILES string of the molecule is O=Nc1ccc(-n2cc3cc(C(=O)O)cc(C4CC4)c3n2)c(F)c1. The molecule has 0 aliphatic heterocycles. The second kappa shape index (κ2) is 5.23. The molecule has 1 aromatic heterocycles. The van der Waals surface area contributed by atoms with Crippen LogP contribution in [0.25, 0.3) is 16.6 Å². The third kappa shape index (κ3) is 2.34. The highest BCUT2D eigenvalue weighted by Gasteiger charge is 2.28. The lowest BCUT2D eigenvalue weighted by Gasteiger charge is -2.03. The first-order valence-corrected chi connectivity index (χ1v) is 7.46. The number of benzene rings is 2. The first-order chi connectivity index (χ1) is 11.6. The highest BCUT2D eigenvalue weighted by atomic mass is 19.1. The van der Waals surface area contributed by atoms with Crippen molar-refractivity contribution in [3.05, 3.63) is 58.4 Å². The third-order valence-electron chi connectivity index (χ3n) is 4.19. The molecule has 1 heterocycles. The van der Waals surface area contributed by atoms with E-state index in [2.05, 4.69) is 10.3 Å². The number of hydrogen-bond acceptors (Lipinski definition) is 4. The molecular formula is C17H12FN3O3. The van der Waals surface area contributed by atoms with Gasteiger partial charge in [0.2, 0.25) is 0 Å². The van der Waals surface area contributed by atoms with E-state index in [0.29, 0.717) is 16.8 Å². The standard InChI is InChI=1S/C17H12FN3O3/c18-14-7-12(20-24)3-4-15(14)21-8-11-5-10(17(22)23)6-13(9-1-2-9)16(11)19-21/h3-9H,1-2H2,(H,22,23). The van der Waals surface area contributed by atoms with Gasteiger partial charge < -0.3 is 5.11 Å². The first-order valence-electron chi connectivity index (χ1n) is 7.46. The minimum Gasteiger partial charge on any atom is -0.478 e. The highest BCUT2D eigenvalue weighted by Crippen LogP contribution is 2.43. The fraction of sp³-hybridized carbons (Fsp3) is 0.176. The quantitative estimate of drug-likeness (QED) is 0.731. The van der Waals surface area contributed by atoms with Crippen LogP contribution in [0.1, 0.15) is 34.7 Å². The average molecular weight is 325 g/mol.